The molecule has 3 aromatic carbocycles. The Balaban J connectivity index is 1.52. The highest BCUT2D eigenvalue weighted by Gasteiger charge is 2.59. The van der Waals surface area contributed by atoms with E-state index in [9.17, 15) is 9.59 Å². The third-order valence-electron chi connectivity index (χ3n) is 6.36. The number of hydrogen-bond donors (Lipinski definition) is 1. The number of aryl methyl sites for hydroxylation is 3. The Morgan fingerprint density at radius 1 is 0.939 bits per heavy atom. The first-order valence-corrected chi connectivity index (χ1v) is 12.1. The Morgan fingerprint density at radius 3 is 2.27 bits per heavy atom. The highest BCUT2D eigenvalue weighted by Crippen LogP contribution is 2.54. The van der Waals surface area contributed by atoms with Gasteiger partial charge in [0.25, 0.3) is 5.91 Å². The van der Waals surface area contributed by atoms with Gasteiger partial charge in [0.1, 0.15) is 0 Å². The predicted octanol–water partition coefficient (Wildman–Crippen LogP) is 5.59. The second-order valence-electron chi connectivity index (χ2n) is 8.84. The molecule has 0 radical (unpaired) electrons. The van der Waals surface area contributed by atoms with Crippen molar-refractivity contribution in [2.45, 2.75) is 32.2 Å². The molecule has 1 unspecified atom stereocenters. The number of carbonyl (C=O) groups is 2. The Labute approximate surface area is 198 Å². The fourth-order valence-corrected chi connectivity index (χ4v) is 6.04. The summed E-state index contributed by atoms with van der Waals surface area (Å²) >= 11 is 1.55. The van der Waals surface area contributed by atoms with Gasteiger partial charge in [0.15, 0.2) is 4.87 Å². The Kier molecular flexibility index (Phi) is 5.41. The van der Waals surface area contributed by atoms with E-state index in [1.54, 1.807) is 16.7 Å². The van der Waals surface area contributed by atoms with E-state index in [4.69, 9.17) is 0 Å². The van der Waals surface area contributed by atoms with Gasteiger partial charge >= 0.3 is 6.03 Å². The minimum absolute atomic E-state index is 0.0507. The number of hydrogen-bond acceptors (Lipinski definition) is 3. The van der Waals surface area contributed by atoms with Crippen LogP contribution < -0.4 is 10.2 Å². The molecule has 2 aliphatic heterocycles. The Morgan fingerprint density at radius 2 is 1.58 bits per heavy atom. The first-order valence-electron chi connectivity index (χ1n) is 11.2. The summed E-state index contributed by atoms with van der Waals surface area (Å²) in [4.78, 5) is 30.0. The van der Waals surface area contributed by atoms with Crippen molar-refractivity contribution in [3.63, 3.8) is 0 Å². The average Bonchev–Trinajstić information content (AvgIpc) is 3.34. The predicted molar refractivity (Wildman–Crippen MR) is 135 cm³/mol. The van der Waals surface area contributed by atoms with Gasteiger partial charge in [-0.1, -0.05) is 65.2 Å². The zero-order valence-corrected chi connectivity index (χ0v) is 19.9. The molecule has 1 atom stereocenters. The average molecular weight is 458 g/mol. The second-order valence-corrected chi connectivity index (χ2v) is 10.1. The van der Waals surface area contributed by atoms with Gasteiger partial charge in [0.2, 0.25) is 0 Å². The van der Waals surface area contributed by atoms with Crippen LogP contribution in [0.5, 0.6) is 0 Å². The molecule has 3 aromatic rings. The lowest BCUT2D eigenvalue weighted by molar-refractivity contribution is -0.123. The lowest BCUT2D eigenvalue weighted by Crippen LogP contribution is -2.51. The van der Waals surface area contributed by atoms with E-state index < -0.39 is 4.87 Å². The minimum atomic E-state index is -1.04. The molecule has 6 heteroatoms. The summed E-state index contributed by atoms with van der Waals surface area (Å²) in [7, 11) is 0. The van der Waals surface area contributed by atoms with Gasteiger partial charge in [0.05, 0.1) is 12.2 Å². The highest BCUT2D eigenvalue weighted by atomic mass is 32.2. The third kappa shape index (κ3) is 3.68. The molecule has 0 saturated carbocycles. The van der Waals surface area contributed by atoms with Crippen molar-refractivity contribution in [2.24, 2.45) is 0 Å². The smallest absolute Gasteiger partial charge is 0.308 e. The number of carbonyl (C=O) groups excluding carboxylic acids is 2. The summed E-state index contributed by atoms with van der Waals surface area (Å²) in [6, 6.07) is 21.8. The van der Waals surface area contributed by atoms with Crippen LogP contribution in [0.1, 0.15) is 27.8 Å². The minimum Gasteiger partial charge on any atom is -0.308 e. The van der Waals surface area contributed by atoms with E-state index in [1.807, 2.05) is 55.1 Å². The summed E-state index contributed by atoms with van der Waals surface area (Å²) in [5.41, 5.74) is 6.97. The zero-order valence-electron chi connectivity index (χ0n) is 19.1. The van der Waals surface area contributed by atoms with E-state index in [2.05, 4.69) is 42.6 Å². The van der Waals surface area contributed by atoms with Gasteiger partial charge in [-0.25, -0.2) is 4.79 Å². The molecule has 33 heavy (non-hydrogen) atoms. The molecule has 0 bridgehead atoms. The molecular formula is C27H27N3O2S. The Bertz CT molecular complexity index is 1220. The Hall–Kier alpha value is -3.25. The first-order chi connectivity index (χ1) is 15.9. The summed E-state index contributed by atoms with van der Waals surface area (Å²) in [6.45, 7) is 7.08. The van der Waals surface area contributed by atoms with Crippen LogP contribution in [0.15, 0.2) is 66.7 Å². The lowest BCUT2D eigenvalue weighted by Gasteiger charge is -2.33. The molecule has 1 N–H and O–H groups in total. The maximum atomic E-state index is 14.1. The quantitative estimate of drug-likeness (QED) is 0.558. The van der Waals surface area contributed by atoms with Crippen LogP contribution in [0.4, 0.5) is 16.2 Å². The summed E-state index contributed by atoms with van der Waals surface area (Å²) in [5, 5.41) is 3.00. The summed E-state index contributed by atoms with van der Waals surface area (Å²) < 4.78 is 0. The molecule has 3 amide bonds. The van der Waals surface area contributed by atoms with Gasteiger partial charge in [-0.05, 0) is 44.5 Å². The zero-order chi connectivity index (χ0) is 23.2. The van der Waals surface area contributed by atoms with Crippen LogP contribution >= 0.6 is 11.8 Å². The number of fused-ring (bicyclic) bond motifs is 2. The molecule has 5 rings (SSSR count). The monoisotopic (exact) mass is 457 g/mol. The SMILES string of the molecule is Cc1ccc(CN2C(=O)C3(SCCN3C(=O)Nc3ccc(C)cc3)c3cc(C)ccc32)cc1. The van der Waals surface area contributed by atoms with E-state index in [1.165, 1.54) is 5.56 Å². The molecule has 168 valence electrons. The van der Waals surface area contributed by atoms with Gasteiger partial charge in [-0.15, -0.1) is 11.8 Å². The normalized spacial score (nSPS) is 19.3. The molecule has 0 aliphatic carbocycles. The maximum absolute atomic E-state index is 14.1. The lowest BCUT2D eigenvalue weighted by atomic mass is 10.0. The highest BCUT2D eigenvalue weighted by molar-refractivity contribution is 8.01. The molecular weight excluding hydrogens is 430 g/mol. The molecule has 2 heterocycles. The van der Waals surface area contributed by atoms with Crippen LogP contribution in [0, 0.1) is 20.8 Å². The van der Waals surface area contributed by atoms with Gasteiger partial charge < -0.3 is 10.2 Å². The van der Waals surface area contributed by atoms with Crippen molar-refractivity contribution in [2.75, 3.05) is 22.5 Å². The van der Waals surface area contributed by atoms with Crippen molar-refractivity contribution >= 4 is 35.1 Å². The van der Waals surface area contributed by atoms with Crippen LogP contribution in [0.3, 0.4) is 0 Å². The molecule has 0 aromatic heterocycles. The van der Waals surface area contributed by atoms with Crippen LogP contribution in [0.2, 0.25) is 0 Å². The van der Waals surface area contributed by atoms with E-state index >= 15 is 0 Å². The van der Waals surface area contributed by atoms with Gasteiger partial charge in [-0.3, -0.25) is 9.69 Å². The third-order valence-corrected chi connectivity index (χ3v) is 7.78. The molecule has 2 aliphatic rings. The van der Waals surface area contributed by atoms with Crippen molar-refractivity contribution < 1.29 is 9.59 Å². The number of nitrogens with one attached hydrogen (secondary N) is 1. The van der Waals surface area contributed by atoms with Crippen molar-refractivity contribution in [1.29, 1.82) is 0 Å². The largest absolute Gasteiger partial charge is 0.323 e. The van der Waals surface area contributed by atoms with Gasteiger partial charge in [0, 0.05) is 23.5 Å². The van der Waals surface area contributed by atoms with Crippen molar-refractivity contribution in [3.8, 4) is 0 Å². The standard InChI is InChI=1S/C27H27N3O2S/c1-18-4-9-21(10-5-18)17-29-24-13-8-20(3)16-23(24)27(25(29)31)30(14-15-33-27)26(32)28-22-11-6-19(2)7-12-22/h4-13,16H,14-15,17H2,1-3H3,(H,28,32). The fraction of sp³-hybridized carbons (Fsp3) is 0.259. The number of nitrogens with zero attached hydrogens (tertiary/aromatic N) is 2. The molecule has 1 spiro atoms. The summed E-state index contributed by atoms with van der Waals surface area (Å²) in [6.07, 6.45) is 0. The second kappa shape index (κ2) is 8.27. The molecule has 5 nitrogen and oxygen atoms in total. The van der Waals surface area contributed by atoms with Crippen LogP contribution in [-0.4, -0.2) is 29.1 Å². The first kappa shape index (κ1) is 21.6. The number of urea groups is 1. The van der Waals surface area contributed by atoms with Crippen molar-refractivity contribution in [1.82, 2.24) is 4.90 Å². The van der Waals surface area contributed by atoms with Crippen molar-refractivity contribution in [3.05, 3.63) is 94.5 Å². The fourth-order valence-electron chi connectivity index (χ4n) is 4.59. The van der Waals surface area contributed by atoms with E-state index in [0.717, 1.165) is 33.6 Å². The van der Waals surface area contributed by atoms with Gasteiger partial charge in [-0.2, -0.15) is 0 Å². The van der Waals surface area contributed by atoms with E-state index in [-0.39, 0.29) is 11.9 Å². The van der Waals surface area contributed by atoms with Crippen LogP contribution in [-0.2, 0) is 16.2 Å². The number of benzene rings is 3. The number of amides is 3. The van der Waals surface area contributed by atoms with Crippen LogP contribution in [0.25, 0.3) is 0 Å². The molecule has 1 fully saturated rings. The van der Waals surface area contributed by atoms with E-state index in [0.29, 0.717) is 18.8 Å². The topological polar surface area (TPSA) is 52.7 Å². The number of rotatable bonds is 3. The number of anilines is 2. The maximum Gasteiger partial charge on any atom is 0.323 e. The molecule has 1 saturated heterocycles. The number of thioether (sulfide) groups is 1. The summed E-state index contributed by atoms with van der Waals surface area (Å²) in [5.74, 6) is 0.656.